The zero-order valence-electron chi connectivity index (χ0n) is 9.98. The zero-order chi connectivity index (χ0) is 12.8. The Balaban J connectivity index is 2.76. The predicted molar refractivity (Wildman–Crippen MR) is 68.4 cm³/mol. The molecule has 0 aliphatic carbocycles. The van der Waals surface area contributed by atoms with E-state index in [1.807, 2.05) is 11.9 Å². The third-order valence-electron chi connectivity index (χ3n) is 2.07. The molecule has 0 saturated heterocycles. The van der Waals surface area contributed by atoms with Crippen LogP contribution in [0.5, 0.6) is 6.01 Å². The molecule has 1 heterocycles. The van der Waals surface area contributed by atoms with Crippen molar-refractivity contribution in [3.8, 4) is 6.01 Å². The van der Waals surface area contributed by atoms with E-state index in [4.69, 9.17) is 32.7 Å². The summed E-state index contributed by atoms with van der Waals surface area (Å²) in [6, 6.07) is 0.272. The number of ether oxygens (including phenoxy) is 2. The molecule has 96 valence electrons. The van der Waals surface area contributed by atoms with Crippen molar-refractivity contribution in [2.75, 3.05) is 39.3 Å². The summed E-state index contributed by atoms with van der Waals surface area (Å²) >= 11 is 12.1. The van der Waals surface area contributed by atoms with E-state index in [2.05, 4.69) is 9.97 Å². The summed E-state index contributed by atoms with van der Waals surface area (Å²) in [5.74, 6) is 0.584. The molecule has 5 nitrogen and oxygen atoms in total. The van der Waals surface area contributed by atoms with E-state index >= 15 is 0 Å². The Bertz CT molecular complexity index is 365. The Hall–Kier alpha value is -0.780. The minimum atomic E-state index is -0.137. The van der Waals surface area contributed by atoms with E-state index in [1.54, 1.807) is 7.11 Å². The molecule has 1 rings (SSSR count). The normalized spacial score (nSPS) is 12.3. The fraction of sp³-hybridized carbons (Fsp3) is 0.600. The monoisotopic (exact) mass is 279 g/mol. The van der Waals surface area contributed by atoms with Crippen LogP contribution in [0.2, 0.25) is 5.02 Å². The number of hydrogen-bond acceptors (Lipinski definition) is 5. The van der Waals surface area contributed by atoms with Gasteiger partial charge in [0, 0.05) is 20.7 Å². The molecular weight excluding hydrogens is 265 g/mol. The van der Waals surface area contributed by atoms with Gasteiger partial charge in [-0.05, 0) is 0 Å². The van der Waals surface area contributed by atoms with Crippen LogP contribution >= 0.6 is 23.2 Å². The van der Waals surface area contributed by atoms with Crippen molar-refractivity contribution >= 4 is 29.0 Å². The van der Waals surface area contributed by atoms with Gasteiger partial charge in [0.1, 0.15) is 5.02 Å². The molecule has 0 amide bonds. The van der Waals surface area contributed by atoms with Crippen molar-refractivity contribution in [2.24, 2.45) is 0 Å². The molecule has 0 radical (unpaired) electrons. The van der Waals surface area contributed by atoms with Crippen LogP contribution in [-0.2, 0) is 4.74 Å². The lowest BCUT2D eigenvalue weighted by Gasteiger charge is -2.21. The van der Waals surface area contributed by atoms with Gasteiger partial charge in [0.05, 0.1) is 25.3 Å². The van der Waals surface area contributed by atoms with Gasteiger partial charge in [0.25, 0.3) is 0 Å². The van der Waals surface area contributed by atoms with Crippen LogP contribution in [-0.4, -0.2) is 49.8 Å². The summed E-state index contributed by atoms with van der Waals surface area (Å²) in [6.45, 7) is 1.03. The van der Waals surface area contributed by atoms with E-state index in [1.165, 1.54) is 13.3 Å². The molecule has 17 heavy (non-hydrogen) atoms. The van der Waals surface area contributed by atoms with E-state index in [0.717, 1.165) is 0 Å². The van der Waals surface area contributed by atoms with Crippen LogP contribution in [0.3, 0.4) is 0 Å². The number of halogens is 2. The Morgan fingerprint density at radius 2 is 2.18 bits per heavy atom. The Kier molecular flexibility index (Phi) is 5.74. The fourth-order valence-corrected chi connectivity index (χ4v) is 1.89. The van der Waals surface area contributed by atoms with Crippen molar-refractivity contribution in [3.05, 3.63) is 11.2 Å². The lowest BCUT2D eigenvalue weighted by Crippen LogP contribution is -2.29. The largest absolute Gasteiger partial charge is 0.467 e. The molecule has 1 aromatic rings. The smallest absolute Gasteiger partial charge is 0.318 e. The third-order valence-corrected chi connectivity index (χ3v) is 2.60. The summed E-state index contributed by atoms with van der Waals surface area (Å²) < 4.78 is 9.91. The molecule has 0 bridgehead atoms. The second kappa shape index (κ2) is 6.83. The van der Waals surface area contributed by atoms with Gasteiger partial charge in [-0.25, -0.2) is 4.98 Å². The van der Waals surface area contributed by atoms with Gasteiger partial charge in [-0.15, -0.1) is 11.6 Å². The van der Waals surface area contributed by atoms with E-state index in [0.29, 0.717) is 24.0 Å². The summed E-state index contributed by atoms with van der Waals surface area (Å²) in [6.07, 6.45) is 1.50. The van der Waals surface area contributed by atoms with Crippen LogP contribution in [0.4, 0.5) is 5.82 Å². The number of nitrogens with zero attached hydrogens (tertiary/aromatic N) is 3. The molecular formula is C10H15Cl2N3O2. The molecule has 1 unspecified atom stereocenters. The highest BCUT2D eigenvalue weighted by Crippen LogP contribution is 2.23. The van der Waals surface area contributed by atoms with Crippen LogP contribution in [0.25, 0.3) is 0 Å². The van der Waals surface area contributed by atoms with Crippen LogP contribution in [0, 0.1) is 0 Å². The second-order valence-electron chi connectivity index (χ2n) is 3.46. The van der Waals surface area contributed by atoms with Crippen molar-refractivity contribution in [3.63, 3.8) is 0 Å². The first kappa shape index (κ1) is 14.3. The minimum absolute atomic E-state index is 0.137. The van der Waals surface area contributed by atoms with E-state index < -0.39 is 0 Å². The Labute approximate surface area is 111 Å². The van der Waals surface area contributed by atoms with E-state index in [-0.39, 0.29) is 11.4 Å². The molecule has 0 spiro atoms. The van der Waals surface area contributed by atoms with Crippen LogP contribution in [0.15, 0.2) is 6.20 Å². The topological polar surface area (TPSA) is 47.5 Å². The average Bonchev–Trinajstić information content (AvgIpc) is 2.29. The van der Waals surface area contributed by atoms with Crippen LogP contribution in [0.1, 0.15) is 0 Å². The molecule has 0 N–H and O–H groups in total. The van der Waals surface area contributed by atoms with Crippen molar-refractivity contribution in [2.45, 2.75) is 5.38 Å². The van der Waals surface area contributed by atoms with Crippen molar-refractivity contribution < 1.29 is 9.47 Å². The number of anilines is 1. The van der Waals surface area contributed by atoms with Crippen molar-refractivity contribution in [1.82, 2.24) is 9.97 Å². The lowest BCUT2D eigenvalue weighted by atomic mass is 10.4. The maximum atomic E-state index is 6.07. The maximum absolute atomic E-state index is 6.07. The molecule has 0 aliphatic heterocycles. The minimum Gasteiger partial charge on any atom is -0.467 e. The van der Waals surface area contributed by atoms with Crippen LogP contribution < -0.4 is 9.64 Å². The summed E-state index contributed by atoms with van der Waals surface area (Å²) in [4.78, 5) is 9.91. The van der Waals surface area contributed by atoms with Gasteiger partial charge in [-0.3, -0.25) is 0 Å². The quantitative estimate of drug-likeness (QED) is 0.744. The van der Waals surface area contributed by atoms with Crippen molar-refractivity contribution in [1.29, 1.82) is 0 Å². The zero-order valence-corrected chi connectivity index (χ0v) is 11.5. The van der Waals surface area contributed by atoms with Gasteiger partial charge in [-0.1, -0.05) is 11.6 Å². The number of alkyl halides is 1. The molecule has 0 aliphatic rings. The fourth-order valence-electron chi connectivity index (χ4n) is 1.33. The first-order chi connectivity index (χ1) is 8.08. The summed E-state index contributed by atoms with van der Waals surface area (Å²) in [5.41, 5.74) is 0. The number of hydrogen-bond donors (Lipinski definition) is 0. The van der Waals surface area contributed by atoms with Gasteiger partial charge in [-0.2, -0.15) is 4.98 Å². The number of methoxy groups -OCH3 is 2. The SMILES string of the molecule is COCC(Cl)CN(C)c1nc(OC)ncc1Cl. The maximum Gasteiger partial charge on any atom is 0.318 e. The molecule has 1 atom stereocenters. The van der Waals surface area contributed by atoms with Gasteiger partial charge in [0.15, 0.2) is 5.82 Å². The molecule has 0 fully saturated rings. The summed E-state index contributed by atoms with van der Waals surface area (Å²) in [7, 11) is 4.96. The molecule has 7 heteroatoms. The molecule has 0 aromatic carbocycles. The molecule has 0 saturated carbocycles. The molecule has 1 aromatic heterocycles. The van der Waals surface area contributed by atoms with Gasteiger partial charge >= 0.3 is 6.01 Å². The Morgan fingerprint density at radius 3 is 2.76 bits per heavy atom. The highest BCUT2D eigenvalue weighted by molar-refractivity contribution is 6.32. The van der Waals surface area contributed by atoms with Gasteiger partial charge < -0.3 is 14.4 Å². The summed E-state index contributed by atoms with van der Waals surface area (Å²) in [5, 5.41) is 0.316. The number of rotatable bonds is 6. The van der Waals surface area contributed by atoms with Gasteiger partial charge in [0.2, 0.25) is 0 Å². The van der Waals surface area contributed by atoms with E-state index in [9.17, 15) is 0 Å². The predicted octanol–water partition coefficient (Wildman–Crippen LogP) is 1.83. The highest BCUT2D eigenvalue weighted by atomic mass is 35.5. The third kappa shape index (κ3) is 4.18. The second-order valence-corrected chi connectivity index (χ2v) is 4.49. The Morgan fingerprint density at radius 1 is 1.47 bits per heavy atom. The standard InChI is InChI=1S/C10H15Cl2N3O2/c1-15(5-7(11)6-16-2)9-8(12)4-13-10(14-9)17-3/h4,7H,5-6H2,1-3H3. The first-order valence-corrected chi connectivity index (χ1v) is 5.80. The average molecular weight is 280 g/mol. The number of aromatic nitrogens is 2. The lowest BCUT2D eigenvalue weighted by molar-refractivity contribution is 0.199. The first-order valence-electron chi connectivity index (χ1n) is 4.99. The highest BCUT2D eigenvalue weighted by Gasteiger charge is 2.14.